The Bertz CT molecular complexity index is 558. The maximum absolute atomic E-state index is 11.7. The summed E-state index contributed by atoms with van der Waals surface area (Å²) in [5, 5.41) is 40.3. The highest BCUT2D eigenvalue weighted by Crippen LogP contribution is 2.24. The van der Waals surface area contributed by atoms with Crippen molar-refractivity contribution in [3.8, 4) is 0 Å². The van der Waals surface area contributed by atoms with Gasteiger partial charge in [-0.2, -0.15) is 0 Å². The van der Waals surface area contributed by atoms with Crippen LogP contribution in [0.5, 0.6) is 0 Å². The van der Waals surface area contributed by atoms with Gasteiger partial charge >= 0.3 is 5.97 Å². The van der Waals surface area contributed by atoms with Gasteiger partial charge in [-0.25, -0.2) is 0 Å². The van der Waals surface area contributed by atoms with E-state index in [2.05, 4.69) is 15.4 Å². The van der Waals surface area contributed by atoms with Gasteiger partial charge in [0.05, 0.1) is 18.1 Å². The molecule has 1 aliphatic rings. The molecule has 0 bridgehead atoms. The Kier molecular flexibility index (Phi) is 5.86. The lowest BCUT2D eigenvalue weighted by Gasteiger charge is -2.15. The molecule has 2 heterocycles. The Morgan fingerprint density at radius 2 is 1.96 bits per heavy atom. The first-order valence-electron chi connectivity index (χ1n) is 7.78. The zero-order chi connectivity index (χ0) is 17.9. The standard InChI is InChI=1S/C14H24N4O6/c1-14(2,3)13(22)23-7-18-16-10(15-17-18)5-4-8-11(20)12(21)9(6-19)24-8/h8-9,11-12,19-21H,4-7H2,1-3H3/t8-,9+,11-,12+/m0/s1. The minimum atomic E-state index is -1.11. The van der Waals surface area contributed by atoms with Crippen LogP contribution in [0.15, 0.2) is 0 Å². The van der Waals surface area contributed by atoms with Crippen LogP contribution in [0.1, 0.15) is 33.0 Å². The van der Waals surface area contributed by atoms with Gasteiger partial charge in [0.25, 0.3) is 0 Å². The van der Waals surface area contributed by atoms with Crippen molar-refractivity contribution in [3.63, 3.8) is 0 Å². The fraction of sp³-hybridized carbons (Fsp3) is 0.857. The number of rotatable bonds is 6. The van der Waals surface area contributed by atoms with E-state index >= 15 is 0 Å². The van der Waals surface area contributed by atoms with E-state index in [0.29, 0.717) is 18.7 Å². The van der Waals surface area contributed by atoms with Crippen LogP contribution in [0.25, 0.3) is 0 Å². The number of carbonyl (C=O) groups is 1. The number of ether oxygens (including phenoxy) is 2. The van der Waals surface area contributed by atoms with Crippen LogP contribution >= 0.6 is 0 Å². The summed E-state index contributed by atoms with van der Waals surface area (Å²) in [6.07, 6.45) is -2.85. The molecular formula is C14H24N4O6. The Morgan fingerprint density at radius 1 is 1.29 bits per heavy atom. The number of tetrazole rings is 1. The smallest absolute Gasteiger partial charge is 0.313 e. The second-order valence-electron chi connectivity index (χ2n) is 6.80. The largest absolute Gasteiger partial charge is 0.440 e. The summed E-state index contributed by atoms with van der Waals surface area (Å²) in [4.78, 5) is 12.8. The summed E-state index contributed by atoms with van der Waals surface area (Å²) in [6, 6.07) is 0. The van der Waals surface area contributed by atoms with Crippen molar-refractivity contribution in [1.82, 2.24) is 20.2 Å². The Balaban J connectivity index is 1.81. The van der Waals surface area contributed by atoms with Crippen molar-refractivity contribution < 1.29 is 29.6 Å². The van der Waals surface area contributed by atoms with E-state index in [1.54, 1.807) is 20.8 Å². The van der Waals surface area contributed by atoms with Gasteiger partial charge in [-0.1, -0.05) is 0 Å². The predicted molar refractivity (Wildman–Crippen MR) is 79.4 cm³/mol. The fourth-order valence-electron chi connectivity index (χ4n) is 2.25. The molecule has 0 amide bonds. The van der Waals surface area contributed by atoms with Crippen LogP contribution in [0.4, 0.5) is 0 Å². The van der Waals surface area contributed by atoms with Gasteiger partial charge in [0.1, 0.15) is 18.3 Å². The number of aryl methyl sites for hydroxylation is 1. The maximum atomic E-state index is 11.7. The van der Waals surface area contributed by atoms with Crippen molar-refractivity contribution in [2.24, 2.45) is 5.41 Å². The van der Waals surface area contributed by atoms with Crippen molar-refractivity contribution in [1.29, 1.82) is 0 Å². The molecule has 0 aliphatic carbocycles. The van der Waals surface area contributed by atoms with Crippen molar-refractivity contribution >= 4 is 5.97 Å². The highest BCUT2D eigenvalue weighted by Gasteiger charge is 2.41. The average molecular weight is 344 g/mol. The minimum absolute atomic E-state index is 0.128. The average Bonchev–Trinajstić information content (AvgIpc) is 3.08. The molecule has 10 nitrogen and oxygen atoms in total. The van der Waals surface area contributed by atoms with Crippen molar-refractivity contribution in [2.45, 2.75) is 64.8 Å². The van der Waals surface area contributed by atoms with E-state index in [-0.39, 0.29) is 19.3 Å². The van der Waals surface area contributed by atoms with Crippen LogP contribution in [-0.4, -0.2) is 72.5 Å². The molecule has 10 heteroatoms. The molecule has 1 saturated heterocycles. The maximum Gasteiger partial charge on any atom is 0.313 e. The third-order valence-corrected chi connectivity index (χ3v) is 3.71. The van der Waals surface area contributed by atoms with Gasteiger partial charge in [-0.15, -0.1) is 15.0 Å². The van der Waals surface area contributed by atoms with Crippen LogP contribution < -0.4 is 0 Å². The molecule has 1 aromatic heterocycles. The summed E-state index contributed by atoms with van der Waals surface area (Å²) in [5.74, 6) is 0.0346. The molecule has 136 valence electrons. The normalized spacial score (nSPS) is 27.4. The molecule has 3 N–H and O–H groups in total. The second-order valence-corrected chi connectivity index (χ2v) is 6.80. The van der Waals surface area contributed by atoms with E-state index in [1.807, 2.05) is 0 Å². The van der Waals surface area contributed by atoms with E-state index in [0.717, 1.165) is 4.80 Å². The molecule has 0 spiro atoms. The molecule has 1 fully saturated rings. The molecule has 1 aliphatic heterocycles. The molecule has 24 heavy (non-hydrogen) atoms. The van der Waals surface area contributed by atoms with Gasteiger partial charge in [0.2, 0.25) is 6.73 Å². The lowest BCUT2D eigenvalue weighted by atomic mass is 9.98. The van der Waals surface area contributed by atoms with Gasteiger partial charge in [0, 0.05) is 6.42 Å². The van der Waals surface area contributed by atoms with Crippen LogP contribution in [0.2, 0.25) is 0 Å². The number of aliphatic hydroxyl groups is 3. The Hall–Kier alpha value is -1.62. The first kappa shape index (κ1) is 18.7. The van der Waals surface area contributed by atoms with Crippen LogP contribution in [0, 0.1) is 5.41 Å². The monoisotopic (exact) mass is 344 g/mol. The highest BCUT2D eigenvalue weighted by molar-refractivity contribution is 5.75. The van der Waals surface area contributed by atoms with Crippen molar-refractivity contribution in [3.05, 3.63) is 5.82 Å². The fourth-order valence-corrected chi connectivity index (χ4v) is 2.25. The van der Waals surface area contributed by atoms with Gasteiger partial charge in [-0.3, -0.25) is 4.79 Å². The summed E-state index contributed by atoms with van der Waals surface area (Å²) in [5.41, 5.74) is -0.608. The lowest BCUT2D eigenvalue weighted by Crippen LogP contribution is -2.33. The third-order valence-electron chi connectivity index (χ3n) is 3.71. The topological polar surface area (TPSA) is 140 Å². The van der Waals surface area contributed by atoms with Crippen LogP contribution in [0.3, 0.4) is 0 Å². The second kappa shape index (κ2) is 7.51. The van der Waals surface area contributed by atoms with E-state index < -0.39 is 29.8 Å². The number of carbonyl (C=O) groups excluding carboxylic acids is 1. The summed E-state index contributed by atoms with van der Waals surface area (Å²) in [7, 11) is 0. The van der Waals surface area contributed by atoms with Gasteiger partial charge in [-0.05, 0) is 32.4 Å². The quantitative estimate of drug-likeness (QED) is 0.533. The molecular weight excluding hydrogens is 320 g/mol. The number of hydrogen-bond donors (Lipinski definition) is 3. The summed E-state index contributed by atoms with van der Waals surface area (Å²) >= 11 is 0. The number of esters is 1. The Morgan fingerprint density at radius 3 is 2.54 bits per heavy atom. The van der Waals surface area contributed by atoms with Crippen molar-refractivity contribution in [2.75, 3.05) is 6.61 Å². The molecule has 4 atom stereocenters. The third kappa shape index (κ3) is 4.47. The number of hydrogen-bond acceptors (Lipinski definition) is 9. The van der Waals surface area contributed by atoms with E-state index in [4.69, 9.17) is 14.6 Å². The lowest BCUT2D eigenvalue weighted by molar-refractivity contribution is -0.157. The van der Waals surface area contributed by atoms with E-state index in [9.17, 15) is 15.0 Å². The molecule has 1 aromatic rings. The first-order chi connectivity index (χ1) is 11.2. The number of aromatic nitrogens is 4. The zero-order valence-electron chi connectivity index (χ0n) is 14.0. The minimum Gasteiger partial charge on any atom is -0.440 e. The van der Waals surface area contributed by atoms with Gasteiger partial charge in [0.15, 0.2) is 5.82 Å². The molecule has 0 saturated carbocycles. The van der Waals surface area contributed by atoms with E-state index in [1.165, 1.54) is 0 Å². The SMILES string of the molecule is CC(C)(C)C(=O)OCn1nnc(CC[C@@H]2O[C@H](CO)[C@@H](O)[C@H]2O)n1. The Labute approximate surface area is 139 Å². The molecule has 0 radical (unpaired) electrons. The number of nitrogens with zero attached hydrogens (tertiary/aromatic N) is 4. The highest BCUT2D eigenvalue weighted by atomic mass is 16.6. The molecule has 2 rings (SSSR count). The molecule has 0 unspecified atom stereocenters. The first-order valence-corrected chi connectivity index (χ1v) is 7.78. The summed E-state index contributed by atoms with van der Waals surface area (Å²) in [6.45, 7) is 4.75. The van der Waals surface area contributed by atoms with Gasteiger partial charge < -0.3 is 24.8 Å². The summed E-state index contributed by atoms with van der Waals surface area (Å²) < 4.78 is 10.5. The van der Waals surface area contributed by atoms with Crippen LogP contribution in [-0.2, 0) is 27.4 Å². The molecule has 0 aromatic carbocycles. The number of aliphatic hydroxyl groups excluding tert-OH is 3. The zero-order valence-corrected chi connectivity index (χ0v) is 14.0. The predicted octanol–water partition coefficient (Wildman–Crippen LogP) is -1.37.